The standard InChI is InChI=1S/C20H17N3O/c21-14-10-8-13(9-11-14)18-16-6-4-5-15(19(16)23-20(18)24)17-7-2-1-3-12-22-17/h1-12,18,22H,21H2,(H,23,24). The summed E-state index contributed by atoms with van der Waals surface area (Å²) in [6.45, 7) is 0. The SMILES string of the molecule is Nc1ccc(C2C(=O)Nc3c(C4=CC=CC=CN4)cccc32)cc1. The number of carbonyl (C=O) groups is 1. The number of benzene rings is 2. The molecule has 4 nitrogen and oxygen atoms in total. The number of nitrogen functional groups attached to an aromatic ring is 1. The van der Waals surface area contributed by atoms with E-state index in [-0.39, 0.29) is 11.8 Å². The summed E-state index contributed by atoms with van der Waals surface area (Å²) in [6.07, 6.45) is 9.74. The number of hydrogen-bond donors (Lipinski definition) is 3. The maximum absolute atomic E-state index is 12.6. The zero-order chi connectivity index (χ0) is 16.5. The van der Waals surface area contributed by atoms with Crippen LogP contribution in [0.2, 0.25) is 0 Å². The van der Waals surface area contributed by atoms with Crippen molar-refractivity contribution in [2.45, 2.75) is 5.92 Å². The summed E-state index contributed by atoms with van der Waals surface area (Å²) < 4.78 is 0. The Balaban J connectivity index is 1.80. The first-order chi connectivity index (χ1) is 11.7. The molecule has 0 aliphatic carbocycles. The minimum Gasteiger partial charge on any atom is -0.399 e. The fourth-order valence-electron chi connectivity index (χ4n) is 3.16. The molecule has 0 radical (unpaired) electrons. The number of nitrogens with two attached hydrogens (primary N) is 1. The van der Waals surface area contributed by atoms with Gasteiger partial charge < -0.3 is 16.4 Å². The van der Waals surface area contributed by atoms with Crippen LogP contribution in [0.5, 0.6) is 0 Å². The number of para-hydroxylation sites is 1. The van der Waals surface area contributed by atoms with Crippen LogP contribution in [0.15, 0.2) is 73.0 Å². The first-order valence-electron chi connectivity index (χ1n) is 7.83. The molecule has 0 spiro atoms. The lowest BCUT2D eigenvalue weighted by atomic mass is 9.91. The van der Waals surface area contributed by atoms with Crippen molar-refractivity contribution >= 4 is 23.0 Å². The van der Waals surface area contributed by atoms with Crippen LogP contribution >= 0.6 is 0 Å². The third-order valence-corrected chi connectivity index (χ3v) is 4.30. The Morgan fingerprint density at radius 1 is 0.958 bits per heavy atom. The van der Waals surface area contributed by atoms with E-state index in [4.69, 9.17) is 5.73 Å². The van der Waals surface area contributed by atoms with Crippen LogP contribution in [0.25, 0.3) is 5.70 Å². The lowest BCUT2D eigenvalue weighted by Crippen LogP contribution is -2.13. The molecule has 1 amide bonds. The van der Waals surface area contributed by atoms with E-state index in [1.807, 2.05) is 73.0 Å². The second-order valence-corrected chi connectivity index (χ2v) is 5.83. The summed E-state index contributed by atoms with van der Waals surface area (Å²) in [6, 6.07) is 13.5. The third kappa shape index (κ3) is 2.38. The molecule has 2 aliphatic heterocycles. The minimum absolute atomic E-state index is 0.0115. The predicted octanol–water partition coefficient (Wildman–Crippen LogP) is 3.37. The molecule has 2 heterocycles. The maximum atomic E-state index is 12.6. The molecule has 0 aromatic heterocycles. The molecule has 24 heavy (non-hydrogen) atoms. The van der Waals surface area contributed by atoms with Gasteiger partial charge in [-0.3, -0.25) is 4.79 Å². The zero-order valence-electron chi connectivity index (χ0n) is 13.0. The van der Waals surface area contributed by atoms with Crippen molar-refractivity contribution in [3.05, 3.63) is 89.7 Å². The summed E-state index contributed by atoms with van der Waals surface area (Å²) in [5, 5.41) is 6.30. The van der Waals surface area contributed by atoms with Crippen LogP contribution < -0.4 is 16.4 Å². The van der Waals surface area contributed by atoms with Crippen molar-refractivity contribution < 1.29 is 4.79 Å². The highest BCUT2D eigenvalue weighted by Gasteiger charge is 2.33. The molecule has 0 saturated carbocycles. The van der Waals surface area contributed by atoms with Crippen molar-refractivity contribution in [2.75, 3.05) is 11.1 Å². The molecule has 118 valence electrons. The number of rotatable bonds is 2. The van der Waals surface area contributed by atoms with E-state index >= 15 is 0 Å². The zero-order valence-corrected chi connectivity index (χ0v) is 13.0. The van der Waals surface area contributed by atoms with Crippen molar-refractivity contribution in [1.29, 1.82) is 0 Å². The molecular weight excluding hydrogens is 298 g/mol. The first kappa shape index (κ1) is 14.3. The molecule has 0 saturated heterocycles. The van der Waals surface area contributed by atoms with Gasteiger partial charge in [0.2, 0.25) is 5.91 Å². The van der Waals surface area contributed by atoms with E-state index in [9.17, 15) is 4.79 Å². The number of anilines is 2. The summed E-state index contributed by atoms with van der Waals surface area (Å²) in [7, 11) is 0. The lowest BCUT2D eigenvalue weighted by molar-refractivity contribution is -0.116. The molecule has 4 rings (SSSR count). The monoisotopic (exact) mass is 315 g/mol. The Morgan fingerprint density at radius 3 is 2.62 bits per heavy atom. The van der Waals surface area contributed by atoms with E-state index in [0.29, 0.717) is 5.69 Å². The molecule has 4 N–H and O–H groups in total. The molecule has 2 aromatic rings. The van der Waals surface area contributed by atoms with Gasteiger partial charge in [-0.1, -0.05) is 42.5 Å². The molecule has 1 unspecified atom stereocenters. The van der Waals surface area contributed by atoms with Gasteiger partial charge in [-0.15, -0.1) is 0 Å². The number of amides is 1. The molecule has 0 bridgehead atoms. The van der Waals surface area contributed by atoms with Gasteiger partial charge in [-0.25, -0.2) is 0 Å². The van der Waals surface area contributed by atoms with Crippen molar-refractivity contribution in [3.63, 3.8) is 0 Å². The van der Waals surface area contributed by atoms with Gasteiger partial charge in [-0.05, 0) is 35.4 Å². The quantitative estimate of drug-likeness (QED) is 0.744. The molecule has 2 aliphatic rings. The van der Waals surface area contributed by atoms with Gasteiger partial charge in [-0.2, -0.15) is 0 Å². The van der Waals surface area contributed by atoms with Crippen LogP contribution in [0.4, 0.5) is 11.4 Å². The Kier molecular flexibility index (Phi) is 3.43. The molecule has 2 aromatic carbocycles. The highest BCUT2D eigenvalue weighted by molar-refractivity contribution is 6.07. The van der Waals surface area contributed by atoms with Gasteiger partial charge in [0, 0.05) is 23.1 Å². The van der Waals surface area contributed by atoms with Crippen LogP contribution in [0, 0.1) is 0 Å². The average molecular weight is 315 g/mol. The summed E-state index contributed by atoms with van der Waals surface area (Å²) in [5.74, 6) is -0.319. The van der Waals surface area contributed by atoms with Crippen LogP contribution in [-0.2, 0) is 4.79 Å². The van der Waals surface area contributed by atoms with E-state index < -0.39 is 0 Å². The van der Waals surface area contributed by atoms with E-state index in [1.165, 1.54) is 0 Å². The number of hydrogen-bond acceptors (Lipinski definition) is 3. The van der Waals surface area contributed by atoms with Crippen LogP contribution in [-0.4, -0.2) is 5.91 Å². The second kappa shape index (κ2) is 5.74. The van der Waals surface area contributed by atoms with Gasteiger partial charge >= 0.3 is 0 Å². The summed E-state index contributed by atoms with van der Waals surface area (Å²) in [5.41, 5.74) is 11.2. The van der Waals surface area contributed by atoms with Crippen molar-refractivity contribution in [3.8, 4) is 0 Å². The maximum Gasteiger partial charge on any atom is 0.236 e. The Hall–Kier alpha value is -3.27. The smallest absolute Gasteiger partial charge is 0.236 e. The normalized spacial score (nSPS) is 18.4. The first-order valence-corrected chi connectivity index (χ1v) is 7.83. The van der Waals surface area contributed by atoms with Gasteiger partial charge in [0.25, 0.3) is 0 Å². The van der Waals surface area contributed by atoms with Gasteiger partial charge in [0.1, 0.15) is 0 Å². The number of nitrogens with one attached hydrogen (secondary N) is 2. The Labute approximate surface area is 140 Å². The molecule has 1 atom stereocenters. The fraction of sp³-hybridized carbons (Fsp3) is 0.0500. The molecule has 4 heteroatoms. The predicted molar refractivity (Wildman–Crippen MR) is 97.2 cm³/mol. The highest BCUT2D eigenvalue weighted by Crippen LogP contribution is 2.41. The molecular formula is C20H17N3O. The second-order valence-electron chi connectivity index (χ2n) is 5.83. The number of allylic oxidation sites excluding steroid dienone is 4. The van der Waals surface area contributed by atoms with Crippen LogP contribution in [0.1, 0.15) is 22.6 Å². The van der Waals surface area contributed by atoms with Gasteiger partial charge in [0.15, 0.2) is 0 Å². The van der Waals surface area contributed by atoms with Crippen molar-refractivity contribution in [1.82, 2.24) is 5.32 Å². The summed E-state index contributed by atoms with van der Waals surface area (Å²) in [4.78, 5) is 12.6. The van der Waals surface area contributed by atoms with E-state index in [1.54, 1.807) is 0 Å². The minimum atomic E-state index is -0.307. The van der Waals surface area contributed by atoms with E-state index in [2.05, 4.69) is 10.6 Å². The van der Waals surface area contributed by atoms with Crippen molar-refractivity contribution in [2.24, 2.45) is 0 Å². The Morgan fingerprint density at radius 2 is 1.79 bits per heavy atom. The third-order valence-electron chi connectivity index (χ3n) is 4.30. The summed E-state index contributed by atoms with van der Waals surface area (Å²) >= 11 is 0. The fourth-order valence-corrected chi connectivity index (χ4v) is 3.16. The highest BCUT2D eigenvalue weighted by atomic mass is 16.2. The average Bonchev–Trinajstić information content (AvgIpc) is 2.76. The number of carbonyl (C=O) groups excluding carboxylic acids is 1. The van der Waals surface area contributed by atoms with Gasteiger partial charge in [0.05, 0.1) is 11.6 Å². The number of fused-ring (bicyclic) bond motifs is 1. The lowest BCUT2D eigenvalue weighted by Gasteiger charge is -2.13. The topological polar surface area (TPSA) is 67.2 Å². The van der Waals surface area contributed by atoms with Crippen LogP contribution in [0.3, 0.4) is 0 Å². The molecule has 0 fully saturated rings. The Bertz CT molecular complexity index is 892. The van der Waals surface area contributed by atoms with E-state index in [0.717, 1.165) is 28.1 Å². The largest absolute Gasteiger partial charge is 0.399 e.